The van der Waals surface area contributed by atoms with Gasteiger partial charge in [-0.05, 0) is 91.0 Å². The Bertz CT molecular complexity index is 1060. The molecule has 186 valence electrons. The van der Waals surface area contributed by atoms with Crippen LogP contribution in [0.5, 0.6) is 5.75 Å². The van der Waals surface area contributed by atoms with Crippen molar-refractivity contribution in [2.24, 2.45) is 23.2 Å². The van der Waals surface area contributed by atoms with E-state index in [1.165, 1.54) is 17.5 Å². The van der Waals surface area contributed by atoms with Gasteiger partial charge in [-0.2, -0.15) is 0 Å². The third kappa shape index (κ3) is 4.77. The summed E-state index contributed by atoms with van der Waals surface area (Å²) in [5, 5.41) is 3.04. The number of hydrogen-bond donors (Lipinski definition) is 1. The molecule has 2 aromatic carbocycles. The van der Waals surface area contributed by atoms with Crippen LogP contribution in [0.3, 0.4) is 0 Å². The molecule has 2 fully saturated rings. The normalized spacial score (nSPS) is 29.1. The van der Waals surface area contributed by atoms with E-state index in [2.05, 4.69) is 30.4 Å². The largest absolute Gasteiger partial charge is 0.497 e. The zero-order valence-electron chi connectivity index (χ0n) is 21.2. The third-order valence-electron chi connectivity index (χ3n) is 9.34. The molecular formula is C31H39NO3. The maximum Gasteiger partial charge on any atom is 0.220 e. The fraction of sp³-hybridized carbons (Fsp3) is 0.548. The van der Waals surface area contributed by atoms with Gasteiger partial charge < -0.3 is 10.1 Å². The molecule has 1 amide bonds. The van der Waals surface area contributed by atoms with Crippen molar-refractivity contribution in [1.82, 2.24) is 5.32 Å². The molecular weight excluding hydrogens is 434 g/mol. The van der Waals surface area contributed by atoms with Crippen molar-refractivity contribution in [1.29, 1.82) is 0 Å². The van der Waals surface area contributed by atoms with Crippen molar-refractivity contribution >= 4 is 11.7 Å². The molecule has 1 N–H and O–H groups in total. The summed E-state index contributed by atoms with van der Waals surface area (Å²) in [7, 11) is 1.74. The highest BCUT2D eigenvalue weighted by atomic mass is 16.5. The number of benzene rings is 2. The molecule has 3 aliphatic carbocycles. The first kappa shape index (κ1) is 24.1. The Balaban J connectivity index is 1.19. The van der Waals surface area contributed by atoms with Gasteiger partial charge in [0.2, 0.25) is 5.91 Å². The van der Waals surface area contributed by atoms with Gasteiger partial charge in [0.1, 0.15) is 11.5 Å². The molecule has 0 unspecified atom stereocenters. The molecule has 0 radical (unpaired) electrons. The minimum absolute atomic E-state index is 0.123. The molecule has 4 nitrogen and oxygen atoms in total. The van der Waals surface area contributed by atoms with Crippen molar-refractivity contribution in [3.8, 4) is 5.75 Å². The number of ketones is 1. The second-order valence-corrected chi connectivity index (χ2v) is 11.3. The zero-order valence-corrected chi connectivity index (χ0v) is 21.2. The zero-order chi connectivity index (χ0) is 24.4. The molecule has 0 aliphatic heterocycles. The quantitative estimate of drug-likeness (QED) is 0.463. The lowest BCUT2D eigenvalue weighted by atomic mass is 9.54. The van der Waals surface area contributed by atoms with Gasteiger partial charge in [0.15, 0.2) is 0 Å². The van der Waals surface area contributed by atoms with Crippen LogP contribution in [0.2, 0.25) is 0 Å². The number of unbranched alkanes of at least 4 members (excludes halogenated alkanes) is 1. The number of rotatable bonds is 8. The smallest absolute Gasteiger partial charge is 0.220 e. The SMILES string of the molecule is COc1ccc2c(c1)CC[C@H]1[C@@H]3[C@H](CCCCC(=O)NCc4ccccc4)CC(=O)[C@@]3(C)CC[C@H]21. The van der Waals surface area contributed by atoms with E-state index < -0.39 is 0 Å². The van der Waals surface area contributed by atoms with Gasteiger partial charge in [-0.15, -0.1) is 0 Å². The standard InChI is InChI=1S/C31H39NO3/c1-31-17-16-26-25-15-13-24(35-2)18-22(25)12-14-27(26)30(31)23(19-28(31)33)10-6-7-11-29(34)32-20-21-8-4-3-5-9-21/h3-5,8-9,13,15,18,23,26-27,30H,6-7,10-12,14,16-17,19-20H2,1-2H3,(H,32,34)/t23-,26-,27-,30+,31-/m1/s1. The first-order valence-corrected chi connectivity index (χ1v) is 13.5. The Morgan fingerprint density at radius 2 is 1.94 bits per heavy atom. The topological polar surface area (TPSA) is 55.4 Å². The Hall–Kier alpha value is -2.62. The first-order chi connectivity index (χ1) is 17.0. The number of methoxy groups -OCH3 is 1. The van der Waals surface area contributed by atoms with Crippen molar-refractivity contribution in [3.63, 3.8) is 0 Å². The summed E-state index contributed by atoms with van der Waals surface area (Å²) >= 11 is 0. The number of carbonyl (C=O) groups is 2. The van der Waals surface area contributed by atoms with Crippen molar-refractivity contribution in [2.75, 3.05) is 7.11 Å². The molecule has 2 saturated carbocycles. The number of ether oxygens (including phenoxy) is 1. The van der Waals surface area contributed by atoms with Gasteiger partial charge in [-0.25, -0.2) is 0 Å². The van der Waals surface area contributed by atoms with Crippen molar-refractivity contribution in [2.45, 2.75) is 77.2 Å². The van der Waals surface area contributed by atoms with Gasteiger partial charge >= 0.3 is 0 Å². The van der Waals surface area contributed by atoms with Crippen LogP contribution in [0, 0.1) is 23.2 Å². The van der Waals surface area contributed by atoms with Gasteiger partial charge in [-0.3, -0.25) is 9.59 Å². The minimum atomic E-state index is -0.150. The van der Waals surface area contributed by atoms with E-state index in [1.54, 1.807) is 7.11 Å². The molecule has 3 aliphatic rings. The van der Waals surface area contributed by atoms with E-state index in [-0.39, 0.29) is 11.3 Å². The van der Waals surface area contributed by atoms with E-state index in [0.717, 1.165) is 56.3 Å². The maximum atomic E-state index is 13.2. The first-order valence-electron chi connectivity index (χ1n) is 13.5. The van der Waals surface area contributed by atoms with E-state index in [1.807, 2.05) is 30.3 Å². The third-order valence-corrected chi connectivity index (χ3v) is 9.34. The average Bonchev–Trinajstić information content (AvgIpc) is 3.15. The summed E-state index contributed by atoms with van der Waals surface area (Å²) < 4.78 is 5.47. The number of carbonyl (C=O) groups excluding carboxylic acids is 2. The van der Waals surface area contributed by atoms with E-state index in [0.29, 0.717) is 42.4 Å². The van der Waals surface area contributed by atoms with Crippen LogP contribution >= 0.6 is 0 Å². The number of aryl methyl sites for hydroxylation is 1. The molecule has 5 atom stereocenters. The van der Waals surface area contributed by atoms with Crippen LogP contribution in [0.4, 0.5) is 0 Å². The summed E-state index contributed by atoms with van der Waals surface area (Å²) in [6.07, 6.45) is 8.69. The Kier molecular flexibility index (Phi) is 7.00. The van der Waals surface area contributed by atoms with E-state index in [9.17, 15) is 9.59 Å². The Morgan fingerprint density at radius 1 is 1.11 bits per heavy atom. The highest BCUT2D eigenvalue weighted by Gasteiger charge is 2.58. The van der Waals surface area contributed by atoms with Gasteiger partial charge in [-0.1, -0.05) is 49.7 Å². The number of Topliss-reactive ketones (excluding diaryl/α,β-unsaturated/α-hetero) is 1. The summed E-state index contributed by atoms with van der Waals surface area (Å²) in [5.74, 6) is 3.68. The second-order valence-electron chi connectivity index (χ2n) is 11.3. The van der Waals surface area contributed by atoms with Gasteiger partial charge in [0, 0.05) is 24.8 Å². The summed E-state index contributed by atoms with van der Waals surface area (Å²) in [5.41, 5.74) is 3.92. The Labute approximate surface area is 209 Å². The van der Waals surface area contributed by atoms with E-state index in [4.69, 9.17) is 4.74 Å². The molecule has 0 bridgehead atoms. The lowest BCUT2D eigenvalue weighted by molar-refractivity contribution is -0.129. The minimum Gasteiger partial charge on any atom is -0.497 e. The average molecular weight is 474 g/mol. The highest BCUT2D eigenvalue weighted by molar-refractivity contribution is 5.87. The van der Waals surface area contributed by atoms with Crippen LogP contribution in [-0.2, 0) is 22.6 Å². The monoisotopic (exact) mass is 473 g/mol. The predicted molar refractivity (Wildman–Crippen MR) is 138 cm³/mol. The lowest BCUT2D eigenvalue weighted by Crippen LogP contribution is -2.44. The highest BCUT2D eigenvalue weighted by Crippen LogP contribution is 2.62. The molecule has 0 saturated heterocycles. The number of fused-ring (bicyclic) bond motifs is 5. The van der Waals surface area contributed by atoms with Crippen LogP contribution in [0.15, 0.2) is 48.5 Å². The molecule has 0 spiro atoms. The van der Waals surface area contributed by atoms with Gasteiger partial charge in [0.25, 0.3) is 0 Å². The van der Waals surface area contributed by atoms with Gasteiger partial charge in [0.05, 0.1) is 7.11 Å². The lowest BCUT2D eigenvalue weighted by Gasteiger charge is -2.50. The van der Waals surface area contributed by atoms with Crippen molar-refractivity contribution < 1.29 is 14.3 Å². The molecule has 0 aromatic heterocycles. The number of nitrogens with one attached hydrogen (secondary N) is 1. The van der Waals surface area contributed by atoms with E-state index >= 15 is 0 Å². The predicted octanol–water partition coefficient (Wildman–Crippen LogP) is 6.22. The van der Waals surface area contributed by atoms with Crippen LogP contribution in [-0.4, -0.2) is 18.8 Å². The summed E-state index contributed by atoms with van der Waals surface area (Å²) in [4.78, 5) is 25.5. The summed E-state index contributed by atoms with van der Waals surface area (Å²) in [6, 6.07) is 16.7. The molecule has 5 rings (SSSR count). The maximum absolute atomic E-state index is 13.2. The van der Waals surface area contributed by atoms with Crippen LogP contribution < -0.4 is 10.1 Å². The fourth-order valence-corrected chi connectivity index (χ4v) is 7.59. The number of hydrogen-bond acceptors (Lipinski definition) is 3. The summed E-state index contributed by atoms with van der Waals surface area (Å²) in [6.45, 7) is 2.85. The molecule has 4 heteroatoms. The molecule has 2 aromatic rings. The number of amides is 1. The molecule has 35 heavy (non-hydrogen) atoms. The fourth-order valence-electron chi connectivity index (χ4n) is 7.59. The second kappa shape index (κ2) is 10.2. The van der Waals surface area contributed by atoms with Crippen molar-refractivity contribution in [3.05, 3.63) is 65.2 Å². The van der Waals surface area contributed by atoms with Crippen LogP contribution in [0.1, 0.15) is 80.9 Å². The Morgan fingerprint density at radius 3 is 2.74 bits per heavy atom. The molecule has 0 heterocycles. The van der Waals surface area contributed by atoms with Crippen LogP contribution in [0.25, 0.3) is 0 Å².